The minimum absolute atomic E-state index is 0.0188. The van der Waals surface area contributed by atoms with Crippen LogP contribution in [0.2, 0.25) is 0 Å². The summed E-state index contributed by atoms with van der Waals surface area (Å²) in [4.78, 5) is 25.8. The summed E-state index contributed by atoms with van der Waals surface area (Å²) in [5.41, 5.74) is 8.43. The van der Waals surface area contributed by atoms with Gasteiger partial charge in [-0.15, -0.1) is 0 Å². The third-order valence-corrected chi connectivity index (χ3v) is 7.91. The lowest BCUT2D eigenvalue weighted by molar-refractivity contribution is -0.129. The Morgan fingerprint density at radius 2 is 1.95 bits per heavy atom. The Labute approximate surface area is 239 Å². The topological polar surface area (TPSA) is 105 Å². The highest BCUT2D eigenvalue weighted by molar-refractivity contribution is 6.01. The van der Waals surface area contributed by atoms with Crippen molar-refractivity contribution in [2.24, 2.45) is 10.9 Å². The van der Waals surface area contributed by atoms with E-state index in [0.29, 0.717) is 41.6 Å². The molecule has 1 fully saturated rings. The molecule has 3 unspecified atom stereocenters. The van der Waals surface area contributed by atoms with Crippen LogP contribution in [0.1, 0.15) is 65.9 Å². The third-order valence-electron chi connectivity index (χ3n) is 7.91. The SMILES string of the molecule is COc1ccc(CN2C(=O)CC3Cc4c(C5=NC(c6ccc(OC(C)C)c(C#N)c6)ON5)cccc4C32)c(OC)c1. The van der Waals surface area contributed by atoms with Gasteiger partial charge >= 0.3 is 0 Å². The van der Waals surface area contributed by atoms with Crippen LogP contribution in [0.3, 0.4) is 0 Å². The number of hydrogen-bond donors (Lipinski definition) is 1. The maximum Gasteiger partial charge on any atom is 0.223 e. The van der Waals surface area contributed by atoms with Crippen molar-refractivity contribution in [1.29, 1.82) is 5.26 Å². The number of carbonyl (C=O) groups excluding carboxylic acids is 1. The van der Waals surface area contributed by atoms with E-state index in [0.717, 1.165) is 28.7 Å². The maximum atomic E-state index is 13.2. The summed E-state index contributed by atoms with van der Waals surface area (Å²) < 4.78 is 16.7. The van der Waals surface area contributed by atoms with E-state index in [2.05, 4.69) is 17.6 Å². The monoisotopic (exact) mass is 552 g/mol. The Bertz CT molecular complexity index is 1580. The Kier molecular flexibility index (Phi) is 7.01. The molecule has 1 amide bonds. The lowest BCUT2D eigenvalue weighted by atomic mass is 10.0. The number of benzene rings is 3. The van der Waals surface area contributed by atoms with E-state index >= 15 is 0 Å². The number of rotatable bonds is 8. The summed E-state index contributed by atoms with van der Waals surface area (Å²) in [5, 5.41) is 9.64. The molecule has 3 atom stereocenters. The molecular weight excluding hydrogens is 520 g/mol. The number of methoxy groups -OCH3 is 2. The number of likely N-dealkylation sites (tertiary alicyclic amines) is 1. The average Bonchev–Trinajstić information content (AvgIpc) is 3.68. The van der Waals surface area contributed by atoms with Crippen LogP contribution >= 0.6 is 0 Å². The molecule has 0 bridgehead atoms. The molecule has 6 rings (SSSR count). The van der Waals surface area contributed by atoms with E-state index in [1.54, 1.807) is 26.4 Å². The Morgan fingerprint density at radius 1 is 1.10 bits per heavy atom. The van der Waals surface area contributed by atoms with Gasteiger partial charge in [0.25, 0.3) is 0 Å². The molecule has 0 saturated carbocycles. The molecule has 0 radical (unpaired) electrons. The van der Waals surface area contributed by atoms with Crippen LogP contribution in [0.25, 0.3) is 0 Å². The van der Waals surface area contributed by atoms with Gasteiger partial charge in [-0.2, -0.15) is 5.26 Å². The summed E-state index contributed by atoms with van der Waals surface area (Å²) in [6.07, 6.45) is 0.648. The number of fused-ring (bicyclic) bond motifs is 3. The normalized spacial score (nSPS) is 20.8. The van der Waals surface area contributed by atoms with Gasteiger partial charge in [0.15, 0.2) is 5.84 Å². The second-order valence-corrected chi connectivity index (χ2v) is 10.8. The lowest BCUT2D eigenvalue weighted by Crippen LogP contribution is -2.28. The first kappa shape index (κ1) is 26.7. The average molecular weight is 553 g/mol. The van der Waals surface area contributed by atoms with Crippen molar-refractivity contribution in [3.63, 3.8) is 0 Å². The van der Waals surface area contributed by atoms with Crippen LogP contribution in [0, 0.1) is 17.2 Å². The first-order valence-corrected chi connectivity index (χ1v) is 13.7. The molecule has 0 spiro atoms. The van der Waals surface area contributed by atoms with E-state index in [1.807, 2.05) is 55.1 Å². The van der Waals surface area contributed by atoms with Gasteiger partial charge in [0.05, 0.1) is 31.9 Å². The minimum Gasteiger partial charge on any atom is -0.497 e. The Morgan fingerprint density at radius 3 is 2.71 bits per heavy atom. The van der Waals surface area contributed by atoms with Crippen molar-refractivity contribution < 1.29 is 23.8 Å². The number of amides is 1. The van der Waals surface area contributed by atoms with Crippen molar-refractivity contribution >= 4 is 11.7 Å². The minimum atomic E-state index is -0.595. The van der Waals surface area contributed by atoms with Gasteiger partial charge < -0.3 is 19.1 Å². The second kappa shape index (κ2) is 10.8. The summed E-state index contributed by atoms with van der Waals surface area (Å²) in [5.74, 6) is 2.92. The molecule has 210 valence electrons. The van der Waals surface area contributed by atoms with Gasteiger partial charge in [-0.1, -0.05) is 24.3 Å². The number of ether oxygens (including phenoxy) is 3. The summed E-state index contributed by atoms with van der Waals surface area (Å²) >= 11 is 0. The molecule has 3 aromatic rings. The number of nitrogens with one attached hydrogen (secondary N) is 1. The van der Waals surface area contributed by atoms with Gasteiger partial charge in [-0.3, -0.25) is 4.79 Å². The van der Waals surface area contributed by atoms with Crippen molar-refractivity contribution in [3.05, 3.63) is 88.0 Å². The zero-order valence-corrected chi connectivity index (χ0v) is 23.5. The quantitative estimate of drug-likeness (QED) is 0.420. The largest absolute Gasteiger partial charge is 0.497 e. The molecule has 2 aliphatic heterocycles. The van der Waals surface area contributed by atoms with Gasteiger partial charge in [-0.05, 0) is 61.6 Å². The molecule has 3 aromatic carbocycles. The first-order valence-electron chi connectivity index (χ1n) is 13.7. The fraction of sp³-hybridized carbons (Fsp3) is 0.344. The van der Waals surface area contributed by atoms with Crippen LogP contribution in [0.5, 0.6) is 17.2 Å². The maximum absolute atomic E-state index is 13.2. The molecule has 1 aliphatic carbocycles. The van der Waals surface area contributed by atoms with E-state index in [4.69, 9.17) is 24.0 Å². The fourth-order valence-corrected chi connectivity index (χ4v) is 6.11. The molecule has 9 nitrogen and oxygen atoms in total. The Hall–Kier alpha value is -4.55. The molecule has 3 aliphatic rings. The third kappa shape index (κ3) is 4.85. The number of amidine groups is 1. The molecule has 2 heterocycles. The summed E-state index contributed by atoms with van der Waals surface area (Å²) in [6, 6.07) is 19.5. The highest BCUT2D eigenvalue weighted by Gasteiger charge is 2.46. The van der Waals surface area contributed by atoms with Crippen LogP contribution in [0.15, 0.2) is 59.6 Å². The first-order chi connectivity index (χ1) is 19.9. The van der Waals surface area contributed by atoms with Crippen LogP contribution in [-0.2, 0) is 22.6 Å². The van der Waals surface area contributed by atoms with Gasteiger partial charge in [0.1, 0.15) is 23.3 Å². The highest BCUT2D eigenvalue weighted by Crippen LogP contribution is 2.49. The highest BCUT2D eigenvalue weighted by atomic mass is 16.7. The number of nitrogens with zero attached hydrogens (tertiary/aromatic N) is 3. The zero-order valence-electron chi connectivity index (χ0n) is 23.5. The van der Waals surface area contributed by atoms with E-state index in [1.165, 1.54) is 5.56 Å². The molecule has 41 heavy (non-hydrogen) atoms. The smallest absolute Gasteiger partial charge is 0.223 e. The molecule has 0 aromatic heterocycles. The summed E-state index contributed by atoms with van der Waals surface area (Å²) in [7, 11) is 3.25. The second-order valence-electron chi connectivity index (χ2n) is 10.8. The predicted octanol–water partition coefficient (Wildman–Crippen LogP) is 4.99. The zero-order chi connectivity index (χ0) is 28.7. The van der Waals surface area contributed by atoms with Gasteiger partial charge in [0.2, 0.25) is 12.1 Å². The van der Waals surface area contributed by atoms with Crippen LogP contribution in [-0.4, -0.2) is 37.0 Å². The Balaban J connectivity index is 1.27. The number of hydrogen-bond acceptors (Lipinski definition) is 8. The van der Waals surface area contributed by atoms with Crippen LogP contribution < -0.4 is 19.7 Å². The number of hydroxylamine groups is 1. The van der Waals surface area contributed by atoms with Crippen LogP contribution in [0.4, 0.5) is 0 Å². The molecule has 1 saturated heterocycles. The standard InChI is InChI=1S/C32H32N4O5/c1-18(2)40-27-11-9-19(12-22(27)16-33)32-34-31(35-41-32)25-7-5-6-24-26(25)13-21-14-29(37)36(30(21)24)17-20-8-10-23(38-3)15-28(20)39-4/h5-12,15,18,21,30,32H,13-14,17H2,1-4H3,(H,34,35). The lowest BCUT2D eigenvalue weighted by Gasteiger charge is -2.26. The van der Waals surface area contributed by atoms with Crippen molar-refractivity contribution in [2.45, 2.75) is 51.6 Å². The van der Waals surface area contributed by atoms with E-state index in [-0.39, 0.29) is 24.0 Å². The van der Waals surface area contributed by atoms with Crippen molar-refractivity contribution in [2.75, 3.05) is 14.2 Å². The number of aliphatic imine (C=N–C) groups is 1. The summed E-state index contributed by atoms with van der Waals surface area (Å²) in [6.45, 7) is 4.30. The van der Waals surface area contributed by atoms with Crippen molar-refractivity contribution in [3.8, 4) is 23.3 Å². The molecular formula is C32H32N4O5. The molecule has 9 heteroatoms. The fourth-order valence-electron chi connectivity index (χ4n) is 6.11. The number of nitriles is 1. The predicted molar refractivity (Wildman–Crippen MR) is 152 cm³/mol. The van der Waals surface area contributed by atoms with E-state index in [9.17, 15) is 10.1 Å². The van der Waals surface area contributed by atoms with Gasteiger partial charge in [-0.25, -0.2) is 15.3 Å². The van der Waals surface area contributed by atoms with Crippen molar-refractivity contribution in [1.82, 2.24) is 10.4 Å². The van der Waals surface area contributed by atoms with E-state index < -0.39 is 6.23 Å². The molecule has 1 N–H and O–H groups in total. The van der Waals surface area contributed by atoms with Gasteiger partial charge in [0, 0.05) is 35.7 Å². The number of carbonyl (C=O) groups is 1.